The number of ether oxygens (including phenoxy) is 1. The van der Waals surface area contributed by atoms with Crippen molar-refractivity contribution in [2.75, 3.05) is 6.61 Å². The van der Waals surface area contributed by atoms with E-state index in [1.54, 1.807) is 13.0 Å². The first kappa shape index (κ1) is 7.66. The van der Waals surface area contributed by atoms with Gasteiger partial charge in [0.15, 0.2) is 6.29 Å². The first-order chi connectivity index (χ1) is 3.81. The Kier molecular flexibility index (Phi) is 4.61. The largest absolute Gasteiger partial charge is 0.346 e. The smallest absolute Gasteiger partial charge is 0.191 e. The first-order valence-corrected chi connectivity index (χ1v) is 2.69. The molecule has 1 unspecified atom stereocenters. The molecule has 0 bridgehead atoms. The van der Waals surface area contributed by atoms with Gasteiger partial charge in [0.1, 0.15) is 0 Å². The van der Waals surface area contributed by atoms with E-state index in [0.717, 1.165) is 0 Å². The fraction of sp³-hybridized carbons (Fsp3) is 0.667. The third-order valence-electron chi connectivity index (χ3n) is 0.733. The van der Waals surface area contributed by atoms with E-state index >= 15 is 0 Å². The van der Waals surface area contributed by atoms with Crippen molar-refractivity contribution in [2.24, 2.45) is 0 Å². The highest BCUT2D eigenvalue weighted by Gasteiger charge is 1.97. The van der Waals surface area contributed by atoms with Gasteiger partial charge in [-0.15, -0.1) is 6.58 Å². The normalized spacial score (nSPS) is 13.2. The van der Waals surface area contributed by atoms with E-state index in [4.69, 9.17) is 0 Å². The summed E-state index contributed by atoms with van der Waals surface area (Å²) in [6.07, 6.45) is 1.22. The Balaban J connectivity index is 2.97. The lowest BCUT2D eigenvalue weighted by Gasteiger charge is -2.02. The zero-order chi connectivity index (χ0) is 6.41. The quantitative estimate of drug-likeness (QED) is 0.401. The van der Waals surface area contributed by atoms with Gasteiger partial charge in [-0.05, 0) is 6.42 Å². The minimum atomic E-state index is -0.868. The van der Waals surface area contributed by atoms with Crippen LogP contribution in [0.2, 0.25) is 0 Å². The minimum Gasteiger partial charge on any atom is -0.346 e. The molecule has 1 radical (unpaired) electrons. The van der Waals surface area contributed by atoms with Crippen molar-refractivity contribution in [1.82, 2.24) is 0 Å². The third-order valence-corrected chi connectivity index (χ3v) is 0.733. The molecule has 8 heavy (non-hydrogen) atoms. The third kappa shape index (κ3) is 3.84. The van der Waals surface area contributed by atoms with Gasteiger partial charge in [-0.3, -0.25) is 0 Å². The molecule has 0 amide bonds. The van der Waals surface area contributed by atoms with E-state index in [0.29, 0.717) is 13.0 Å². The zero-order valence-corrected chi connectivity index (χ0v) is 5.09. The molecule has 0 saturated carbocycles. The molecule has 0 aromatic carbocycles. The molecule has 0 rings (SSSR count). The second kappa shape index (κ2) is 4.81. The van der Waals surface area contributed by atoms with E-state index in [9.17, 15) is 5.11 Å². The van der Waals surface area contributed by atoms with Crippen LogP contribution in [0.4, 0.5) is 0 Å². The predicted octanol–water partition coefficient (Wildman–Crippen LogP) is 1.36. The molecular weight excluding hydrogens is 104 g/mol. The molecular formula is C6H11O2. The Morgan fingerprint density at radius 1 is 1.88 bits per heavy atom. The molecule has 0 spiro atoms. The van der Waals surface area contributed by atoms with E-state index in [-0.39, 0.29) is 0 Å². The molecule has 0 saturated heterocycles. The lowest BCUT2D eigenvalue weighted by molar-refractivity contribution is -0.132. The Morgan fingerprint density at radius 3 is 2.88 bits per heavy atom. The average molecular weight is 115 g/mol. The van der Waals surface area contributed by atoms with Gasteiger partial charge in [0.05, 0.1) is 6.61 Å². The Morgan fingerprint density at radius 2 is 2.50 bits per heavy atom. The lowest BCUT2D eigenvalue weighted by Crippen LogP contribution is -2.07. The van der Waals surface area contributed by atoms with Crippen LogP contribution in [0, 0.1) is 0 Å². The predicted molar refractivity (Wildman–Crippen MR) is 30.9 cm³/mol. The summed E-state index contributed by atoms with van der Waals surface area (Å²) >= 11 is 0. The Hall–Kier alpha value is -0.340. The summed E-state index contributed by atoms with van der Waals surface area (Å²) < 4.78 is 4.67. The molecule has 2 nitrogen and oxygen atoms in total. The van der Waals surface area contributed by atoms with E-state index < -0.39 is 6.29 Å². The zero-order valence-electron chi connectivity index (χ0n) is 5.09. The number of rotatable bonds is 4. The van der Waals surface area contributed by atoms with Crippen molar-refractivity contribution >= 4 is 0 Å². The van der Waals surface area contributed by atoms with Gasteiger partial charge in [-0.1, -0.05) is 13.0 Å². The van der Waals surface area contributed by atoms with Crippen molar-refractivity contribution in [2.45, 2.75) is 19.6 Å². The molecule has 0 aromatic rings. The minimum absolute atomic E-state index is 0.363. The van der Waals surface area contributed by atoms with Gasteiger partial charge >= 0.3 is 0 Å². The molecule has 0 fully saturated rings. The molecule has 0 aliphatic carbocycles. The van der Waals surface area contributed by atoms with Gasteiger partial charge in [-0.25, -0.2) is 5.11 Å². The second-order valence-corrected chi connectivity index (χ2v) is 1.46. The van der Waals surface area contributed by atoms with Crippen molar-refractivity contribution in [3.63, 3.8) is 0 Å². The molecule has 0 heterocycles. The Labute approximate surface area is 49.8 Å². The van der Waals surface area contributed by atoms with Crippen molar-refractivity contribution in [3.8, 4) is 0 Å². The van der Waals surface area contributed by atoms with Crippen LogP contribution in [0.3, 0.4) is 0 Å². The van der Waals surface area contributed by atoms with Crippen molar-refractivity contribution < 1.29 is 9.84 Å². The van der Waals surface area contributed by atoms with Crippen LogP contribution in [0.5, 0.6) is 0 Å². The molecule has 0 aromatic heterocycles. The van der Waals surface area contributed by atoms with Gasteiger partial charge in [0.2, 0.25) is 0 Å². The van der Waals surface area contributed by atoms with Crippen LogP contribution in [0.1, 0.15) is 13.3 Å². The second-order valence-electron chi connectivity index (χ2n) is 1.46. The van der Waals surface area contributed by atoms with E-state index in [1.807, 2.05) is 0 Å². The summed E-state index contributed by atoms with van der Waals surface area (Å²) in [5.74, 6) is 0. The summed E-state index contributed by atoms with van der Waals surface area (Å²) in [7, 11) is 0. The maximum atomic E-state index is 10.4. The fourth-order valence-electron chi connectivity index (χ4n) is 0.293. The molecule has 1 atom stereocenters. The highest BCUT2D eigenvalue weighted by molar-refractivity contribution is 4.63. The maximum Gasteiger partial charge on any atom is 0.191 e. The van der Waals surface area contributed by atoms with Gasteiger partial charge in [0.25, 0.3) is 0 Å². The first-order valence-electron chi connectivity index (χ1n) is 2.69. The highest BCUT2D eigenvalue weighted by atomic mass is 16.6. The lowest BCUT2D eigenvalue weighted by atomic mass is 10.5. The highest BCUT2D eigenvalue weighted by Crippen LogP contribution is 1.91. The summed E-state index contributed by atoms with van der Waals surface area (Å²) in [4.78, 5) is 0. The summed E-state index contributed by atoms with van der Waals surface area (Å²) in [6, 6.07) is 0. The summed E-state index contributed by atoms with van der Waals surface area (Å²) in [5, 5.41) is 10.4. The van der Waals surface area contributed by atoms with Gasteiger partial charge < -0.3 is 4.74 Å². The van der Waals surface area contributed by atoms with Crippen LogP contribution in [0.15, 0.2) is 12.7 Å². The van der Waals surface area contributed by atoms with Crippen LogP contribution in [-0.2, 0) is 9.84 Å². The topological polar surface area (TPSA) is 29.1 Å². The molecule has 2 heteroatoms. The molecule has 0 aliphatic heterocycles. The monoisotopic (exact) mass is 115 g/mol. The van der Waals surface area contributed by atoms with Crippen LogP contribution in [0.25, 0.3) is 0 Å². The summed E-state index contributed by atoms with van der Waals surface area (Å²) in [5.41, 5.74) is 0. The van der Waals surface area contributed by atoms with Crippen LogP contribution >= 0.6 is 0 Å². The molecule has 0 aliphatic rings. The van der Waals surface area contributed by atoms with E-state index in [1.165, 1.54) is 0 Å². The standard InChI is InChI=1S/C6H11O2/c1-3-5-8-6(7)4-2/h3,6H,1,4-5H2,2H3. The molecule has 47 valence electrons. The van der Waals surface area contributed by atoms with Crippen molar-refractivity contribution in [3.05, 3.63) is 12.7 Å². The summed E-state index contributed by atoms with van der Waals surface area (Å²) in [6.45, 7) is 5.56. The van der Waals surface area contributed by atoms with Crippen LogP contribution < -0.4 is 0 Å². The average Bonchev–Trinajstić information content (AvgIpc) is 1.83. The van der Waals surface area contributed by atoms with Crippen molar-refractivity contribution in [1.29, 1.82) is 0 Å². The van der Waals surface area contributed by atoms with E-state index in [2.05, 4.69) is 11.3 Å². The fourth-order valence-corrected chi connectivity index (χ4v) is 0.293. The maximum absolute atomic E-state index is 10.4. The Bertz CT molecular complexity index is 61.5. The SMILES string of the molecule is C=CCOC([O])CC. The molecule has 0 N–H and O–H groups in total. The number of hydrogen-bond acceptors (Lipinski definition) is 1. The number of hydrogen-bond donors (Lipinski definition) is 0. The van der Waals surface area contributed by atoms with Gasteiger partial charge in [0, 0.05) is 0 Å². The van der Waals surface area contributed by atoms with Gasteiger partial charge in [-0.2, -0.15) is 0 Å². The van der Waals surface area contributed by atoms with Crippen LogP contribution in [-0.4, -0.2) is 12.9 Å².